The fourth-order valence-corrected chi connectivity index (χ4v) is 3.02. The molecule has 1 aromatic rings. The van der Waals surface area contributed by atoms with Crippen LogP contribution in [0.5, 0.6) is 0 Å². The lowest BCUT2D eigenvalue weighted by atomic mass is 9.96. The monoisotopic (exact) mass is 278 g/mol. The molecule has 0 saturated heterocycles. The van der Waals surface area contributed by atoms with Gasteiger partial charge in [-0.25, -0.2) is 0 Å². The van der Waals surface area contributed by atoms with Gasteiger partial charge in [-0.15, -0.1) is 11.8 Å². The molecule has 1 heterocycles. The number of hydrogen-bond acceptors (Lipinski definition) is 4. The third-order valence-electron chi connectivity index (χ3n) is 3.37. The minimum Gasteiger partial charge on any atom is -0.297 e. The van der Waals surface area contributed by atoms with Crippen LogP contribution >= 0.6 is 11.8 Å². The first-order valence-corrected chi connectivity index (χ1v) is 7.90. The molecule has 0 amide bonds. The average molecular weight is 278 g/mol. The molecule has 1 aromatic heterocycles. The molecule has 0 aliphatic heterocycles. The van der Waals surface area contributed by atoms with E-state index < -0.39 is 0 Å². The van der Waals surface area contributed by atoms with E-state index in [-0.39, 0.29) is 5.54 Å². The van der Waals surface area contributed by atoms with Crippen LogP contribution in [0.4, 0.5) is 0 Å². The van der Waals surface area contributed by atoms with Crippen molar-refractivity contribution >= 4 is 11.8 Å². The molecule has 1 unspecified atom stereocenters. The molecule has 5 heteroatoms. The summed E-state index contributed by atoms with van der Waals surface area (Å²) in [5, 5.41) is 16.9. The zero-order valence-electron chi connectivity index (χ0n) is 11.7. The number of hydrogen-bond donors (Lipinski definition) is 1. The summed E-state index contributed by atoms with van der Waals surface area (Å²) < 4.78 is 1.83. The number of nitriles is 1. The van der Waals surface area contributed by atoms with Crippen molar-refractivity contribution in [1.82, 2.24) is 15.1 Å². The van der Waals surface area contributed by atoms with Crippen LogP contribution in [0.1, 0.15) is 39.0 Å². The standard InChI is InChI=1S/C14H22N4S/c1-14(11-15,17-12-5-6-12)7-3-4-8-19-13-9-16-18(2)10-13/h9-10,12,17H,3-8H2,1-2H3. The Morgan fingerprint density at radius 3 is 2.95 bits per heavy atom. The van der Waals surface area contributed by atoms with Gasteiger partial charge < -0.3 is 0 Å². The van der Waals surface area contributed by atoms with E-state index in [0.29, 0.717) is 6.04 Å². The van der Waals surface area contributed by atoms with Crippen LogP contribution in [0, 0.1) is 11.3 Å². The van der Waals surface area contributed by atoms with Gasteiger partial charge in [0.2, 0.25) is 0 Å². The van der Waals surface area contributed by atoms with Crippen molar-refractivity contribution in [3.05, 3.63) is 12.4 Å². The van der Waals surface area contributed by atoms with Crippen LogP contribution in [-0.4, -0.2) is 27.1 Å². The van der Waals surface area contributed by atoms with E-state index in [2.05, 4.69) is 16.5 Å². The molecule has 0 bridgehead atoms. The first kappa shape index (κ1) is 14.4. The van der Waals surface area contributed by atoms with E-state index in [9.17, 15) is 5.26 Å². The van der Waals surface area contributed by atoms with Gasteiger partial charge in [0.25, 0.3) is 0 Å². The molecular formula is C14H22N4S. The maximum Gasteiger partial charge on any atom is 0.104 e. The summed E-state index contributed by atoms with van der Waals surface area (Å²) in [6, 6.07) is 3.02. The second-order valence-electron chi connectivity index (χ2n) is 5.52. The third-order valence-corrected chi connectivity index (χ3v) is 4.40. The number of nitrogens with zero attached hydrogens (tertiary/aromatic N) is 3. The van der Waals surface area contributed by atoms with Gasteiger partial charge in [0.1, 0.15) is 5.54 Å². The molecule has 0 spiro atoms. The van der Waals surface area contributed by atoms with Crippen LogP contribution < -0.4 is 5.32 Å². The first-order chi connectivity index (χ1) is 9.11. The summed E-state index contributed by atoms with van der Waals surface area (Å²) in [6.07, 6.45) is 9.58. The van der Waals surface area contributed by atoms with Crippen LogP contribution in [-0.2, 0) is 7.05 Å². The molecule has 4 nitrogen and oxygen atoms in total. The first-order valence-electron chi connectivity index (χ1n) is 6.92. The Morgan fingerprint density at radius 1 is 1.58 bits per heavy atom. The molecule has 1 N–H and O–H groups in total. The molecule has 1 saturated carbocycles. The zero-order valence-corrected chi connectivity index (χ0v) is 12.5. The molecule has 0 radical (unpaired) electrons. The largest absolute Gasteiger partial charge is 0.297 e. The second kappa shape index (κ2) is 6.44. The number of aromatic nitrogens is 2. The number of nitrogens with one attached hydrogen (secondary N) is 1. The Morgan fingerprint density at radius 2 is 2.37 bits per heavy atom. The Kier molecular flexibility index (Phi) is 4.89. The molecular weight excluding hydrogens is 256 g/mol. The molecule has 2 rings (SSSR count). The normalized spacial score (nSPS) is 17.9. The minimum atomic E-state index is -0.333. The predicted molar refractivity (Wildman–Crippen MR) is 78.0 cm³/mol. The van der Waals surface area contributed by atoms with Crippen LogP contribution in [0.15, 0.2) is 17.3 Å². The number of rotatable bonds is 8. The Balaban J connectivity index is 1.61. The van der Waals surface area contributed by atoms with Crippen molar-refractivity contribution in [1.29, 1.82) is 5.26 Å². The summed E-state index contributed by atoms with van der Waals surface area (Å²) in [7, 11) is 1.94. The molecule has 104 valence electrons. The molecule has 0 aromatic carbocycles. The van der Waals surface area contributed by atoms with Crippen LogP contribution in [0.2, 0.25) is 0 Å². The van der Waals surface area contributed by atoms with E-state index in [1.807, 2.05) is 42.8 Å². The highest BCUT2D eigenvalue weighted by molar-refractivity contribution is 7.99. The number of unbranched alkanes of at least 4 members (excludes halogenated alkanes) is 1. The van der Waals surface area contributed by atoms with E-state index >= 15 is 0 Å². The summed E-state index contributed by atoms with van der Waals surface area (Å²) in [4.78, 5) is 1.22. The second-order valence-corrected chi connectivity index (χ2v) is 6.69. The average Bonchev–Trinajstić information content (AvgIpc) is 3.09. The van der Waals surface area contributed by atoms with E-state index in [4.69, 9.17) is 0 Å². The molecule has 1 fully saturated rings. The quantitative estimate of drug-likeness (QED) is 0.587. The van der Waals surface area contributed by atoms with Crippen molar-refractivity contribution in [2.45, 2.75) is 55.5 Å². The lowest BCUT2D eigenvalue weighted by molar-refractivity contribution is 0.402. The Hall–Kier alpha value is -0.990. The van der Waals surface area contributed by atoms with Gasteiger partial charge in [-0.2, -0.15) is 10.4 Å². The molecule has 19 heavy (non-hydrogen) atoms. The van der Waals surface area contributed by atoms with Gasteiger partial charge >= 0.3 is 0 Å². The summed E-state index contributed by atoms with van der Waals surface area (Å²) >= 11 is 1.84. The lowest BCUT2D eigenvalue weighted by Crippen LogP contribution is -2.42. The maximum atomic E-state index is 9.27. The fraction of sp³-hybridized carbons (Fsp3) is 0.714. The SMILES string of the molecule is Cn1cc(SCCCCC(C)(C#N)NC2CC2)cn1. The maximum absolute atomic E-state index is 9.27. The van der Waals surface area contributed by atoms with Gasteiger partial charge in [0, 0.05) is 24.2 Å². The van der Waals surface area contributed by atoms with Crippen molar-refractivity contribution in [3.63, 3.8) is 0 Å². The molecule has 1 atom stereocenters. The van der Waals surface area contributed by atoms with Crippen molar-refractivity contribution < 1.29 is 0 Å². The number of aryl methyl sites for hydroxylation is 1. The van der Waals surface area contributed by atoms with Crippen molar-refractivity contribution in [2.75, 3.05) is 5.75 Å². The summed E-state index contributed by atoms with van der Waals surface area (Å²) in [6.45, 7) is 2.03. The number of thioether (sulfide) groups is 1. The summed E-state index contributed by atoms with van der Waals surface area (Å²) in [5.41, 5.74) is -0.333. The van der Waals surface area contributed by atoms with Gasteiger partial charge in [0.05, 0.1) is 12.3 Å². The van der Waals surface area contributed by atoms with Crippen molar-refractivity contribution in [2.24, 2.45) is 7.05 Å². The van der Waals surface area contributed by atoms with Crippen LogP contribution in [0.3, 0.4) is 0 Å². The smallest absolute Gasteiger partial charge is 0.104 e. The van der Waals surface area contributed by atoms with Gasteiger partial charge in [0.15, 0.2) is 0 Å². The third kappa shape index (κ3) is 4.88. The van der Waals surface area contributed by atoms with Gasteiger partial charge in [-0.1, -0.05) is 0 Å². The van der Waals surface area contributed by atoms with Crippen LogP contribution in [0.25, 0.3) is 0 Å². The highest BCUT2D eigenvalue weighted by atomic mass is 32.2. The van der Waals surface area contributed by atoms with E-state index in [1.165, 1.54) is 17.7 Å². The van der Waals surface area contributed by atoms with E-state index in [1.54, 1.807) is 0 Å². The highest BCUT2D eigenvalue weighted by Crippen LogP contribution is 2.25. The minimum absolute atomic E-state index is 0.333. The van der Waals surface area contributed by atoms with Crippen molar-refractivity contribution in [3.8, 4) is 6.07 Å². The fourth-order valence-electron chi connectivity index (χ4n) is 2.08. The van der Waals surface area contributed by atoms with E-state index in [0.717, 1.165) is 25.0 Å². The predicted octanol–water partition coefficient (Wildman–Crippen LogP) is 2.72. The Labute approximate surface area is 119 Å². The molecule has 1 aliphatic rings. The Bertz CT molecular complexity index is 447. The zero-order chi connectivity index (χ0) is 13.7. The van der Waals surface area contributed by atoms with Gasteiger partial charge in [-0.05, 0) is 44.8 Å². The topological polar surface area (TPSA) is 53.6 Å². The lowest BCUT2D eigenvalue weighted by Gasteiger charge is -2.23. The highest BCUT2D eigenvalue weighted by Gasteiger charge is 2.31. The molecule has 1 aliphatic carbocycles. The van der Waals surface area contributed by atoms with Gasteiger partial charge in [-0.3, -0.25) is 10.00 Å². The summed E-state index contributed by atoms with van der Waals surface area (Å²) in [5.74, 6) is 1.09.